The lowest BCUT2D eigenvalue weighted by atomic mass is 10.3. The van der Waals surface area contributed by atoms with Crippen LogP contribution in [0.1, 0.15) is 13.3 Å². The van der Waals surface area contributed by atoms with E-state index in [-0.39, 0.29) is 6.42 Å². The molecule has 5 heteroatoms. The average molecular weight is 175 g/mol. The minimum atomic E-state index is -1.34. The van der Waals surface area contributed by atoms with Crippen molar-refractivity contribution in [2.75, 3.05) is 0 Å². The van der Waals surface area contributed by atoms with Crippen molar-refractivity contribution < 1.29 is 15.0 Å². The van der Waals surface area contributed by atoms with Crippen molar-refractivity contribution in [2.24, 2.45) is 0 Å². The van der Waals surface area contributed by atoms with Gasteiger partial charge in [0.05, 0.1) is 0 Å². The first-order valence-electron chi connectivity index (χ1n) is 3.09. The van der Waals surface area contributed by atoms with E-state index in [1.807, 2.05) is 0 Å². The molecule has 1 unspecified atom stereocenters. The fourth-order valence-electron chi connectivity index (χ4n) is 0.844. The molecule has 1 rings (SSSR count). The molecule has 0 amide bonds. The Labute approximate surface area is 68.3 Å². The van der Waals surface area contributed by atoms with Crippen LogP contribution in [-0.2, 0) is 4.79 Å². The Kier molecular flexibility index (Phi) is 2.10. The van der Waals surface area contributed by atoms with Crippen LogP contribution < -0.4 is 5.32 Å². The molecule has 0 bridgehead atoms. The third kappa shape index (κ3) is 2.13. The van der Waals surface area contributed by atoms with E-state index in [9.17, 15) is 9.90 Å². The van der Waals surface area contributed by atoms with Crippen LogP contribution in [0.15, 0.2) is 11.1 Å². The smallest absolute Gasteiger partial charge is 0.309 e. The molecule has 0 aliphatic carbocycles. The predicted molar refractivity (Wildman–Crippen MR) is 41.7 cm³/mol. The largest absolute Gasteiger partial charge is 0.481 e. The van der Waals surface area contributed by atoms with Crippen LogP contribution in [0.5, 0.6) is 0 Å². The van der Waals surface area contributed by atoms with Gasteiger partial charge in [0, 0.05) is 5.70 Å². The second-order valence-electron chi connectivity index (χ2n) is 2.40. The molecule has 11 heavy (non-hydrogen) atoms. The van der Waals surface area contributed by atoms with Crippen molar-refractivity contribution in [2.45, 2.75) is 18.4 Å². The average Bonchev–Trinajstić information content (AvgIpc) is 2.08. The van der Waals surface area contributed by atoms with E-state index in [1.54, 1.807) is 12.3 Å². The van der Waals surface area contributed by atoms with Crippen LogP contribution in [0.2, 0.25) is 0 Å². The minimum Gasteiger partial charge on any atom is -0.481 e. The number of allylic oxidation sites excluding steroid dienone is 1. The van der Waals surface area contributed by atoms with Crippen molar-refractivity contribution in [1.82, 2.24) is 5.32 Å². The molecule has 0 fully saturated rings. The number of hydrogen-bond acceptors (Lipinski definition) is 4. The molecule has 3 N–H and O–H groups in total. The highest BCUT2D eigenvalue weighted by Crippen LogP contribution is 2.31. The summed E-state index contributed by atoms with van der Waals surface area (Å²) in [5.74, 6) is -1.02. The highest BCUT2D eigenvalue weighted by molar-refractivity contribution is 8.03. The predicted octanol–water partition coefficient (Wildman–Crippen LogP) is 0.305. The Morgan fingerprint density at radius 3 is 2.91 bits per heavy atom. The number of hydrogen-bond donors (Lipinski definition) is 3. The molecule has 0 saturated heterocycles. The molecule has 0 aromatic carbocycles. The summed E-state index contributed by atoms with van der Waals surface area (Å²) in [6.07, 6.45) is -0.300. The molecule has 1 aliphatic heterocycles. The normalized spacial score (nSPS) is 29.5. The summed E-state index contributed by atoms with van der Waals surface area (Å²) >= 11 is 1.08. The molecule has 4 nitrogen and oxygen atoms in total. The third-order valence-corrected chi connectivity index (χ3v) is 2.32. The Balaban J connectivity index is 2.52. The molecule has 1 atom stereocenters. The molecule has 0 aromatic rings. The van der Waals surface area contributed by atoms with Gasteiger partial charge in [-0.2, -0.15) is 0 Å². The molecule has 0 radical (unpaired) electrons. The summed E-state index contributed by atoms with van der Waals surface area (Å²) < 4.78 is 0. The second kappa shape index (κ2) is 2.75. The van der Waals surface area contributed by atoms with Gasteiger partial charge in [-0.3, -0.25) is 4.79 Å². The molecule has 0 aromatic heterocycles. The van der Waals surface area contributed by atoms with E-state index in [4.69, 9.17) is 5.11 Å². The van der Waals surface area contributed by atoms with Crippen molar-refractivity contribution in [3.8, 4) is 0 Å². The Morgan fingerprint density at radius 1 is 1.91 bits per heavy atom. The van der Waals surface area contributed by atoms with Gasteiger partial charge in [-0.15, -0.1) is 0 Å². The molecular weight excluding hydrogens is 166 g/mol. The molecule has 62 valence electrons. The van der Waals surface area contributed by atoms with Gasteiger partial charge in [-0.1, -0.05) is 11.8 Å². The maximum Gasteiger partial charge on any atom is 0.309 e. The lowest BCUT2D eigenvalue weighted by Crippen LogP contribution is -2.39. The van der Waals surface area contributed by atoms with Crippen molar-refractivity contribution in [1.29, 1.82) is 0 Å². The highest BCUT2D eigenvalue weighted by atomic mass is 32.2. The molecular formula is C6H9NO3S. The first kappa shape index (κ1) is 8.42. The second-order valence-corrected chi connectivity index (χ2v) is 3.55. The Bertz CT molecular complexity index is 216. The van der Waals surface area contributed by atoms with Gasteiger partial charge >= 0.3 is 5.97 Å². The van der Waals surface area contributed by atoms with E-state index in [0.717, 1.165) is 17.5 Å². The fraction of sp³-hybridized carbons (Fsp3) is 0.500. The number of nitrogens with one attached hydrogen (secondary N) is 1. The molecule has 0 spiro atoms. The van der Waals surface area contributed by atoms with Crippen LogP contribution in [0, 0.1) is 0 Å². The lowest BCUT2D eigenvalue weighted by molar-refractivity contribution is -0.140. The monoisotopic (exact) mass is 175 g/mol. The fourth-order valence-corrected chi connectivity index (χ4v) is 1.70. The topological polar surface area (TPSA) is 69.6 Å². The standard InChI is InChI=1S/C6H9NO3S/c1-4-3-11-6(10,7-4)2-5(8)9/h3,7,10H,2H2,1H3,(H,8,9). The van der Waals surface area contributed by atoms with E-state index < -0.39 is 11.0 Å². The van der Waals surface area contributed by atoms with Gasteiger partial charge in [0.2, 0.25) is 0 Å². The summed E-state index contributed by atoms with van der Waals surface area (Å²) in [4.78, 5) is 10.2. The minimum absolute atomic E-state index is 0.300. The Morgan fingerprint density at radius 2 is 2.55 bits per heavy atom. The van der Waals surface area contributed by atoms with Gasteiger partial charge in [0.25, 0.3) is 0 Å². The number of rotatable bonds is 2. The van der Waals surface area contributed by atoms with E-state index in [2.05, 4.69) is 5.32 Å². The number of carboxylic acids is 1. The quantitative estimate of drug-likeness (QED) is 0.563. The number of aliphatic carboxylic acids is 1. The number of carboxylic acid groups (broad SMARTS) is 1. The zero-order chi connectivity index (χ0) is 8.48. The van der Waals surface area contributed by atoms with Gasteiger partial charge in [-0.05, 0) is 12.3 Å². The van der Waals surface area contributed by atoms with Crippen molar-refractivity contribution >= 4 is 17.7 Å². The van der Waals surface area contributed by atoms with Gasteiger partial charge in [0.15, 0.2) is 5.06 Å². The molecule has 1 aliphatic rings. The third-order valence-electron chi connectivity index (χ3n) is 1.21. The highest BCUT2D eigenvalue weighted by Gasteiger charge is 2.33. The molecule has 0 saturated carbocycles. The number of aliphatic hydroxyl groups is 1. The summed E-state index contributed by atoms with van der Waals surface area (Å²) in [5.41, 5.74) is 0.791. The van der Waals surface area contributed by atoms with E-state index in [1.165, 1.54) is 0 Å². The van der Waals surface area contributed by atoms with Crippen LogP contribution >= 0.6 is 11.8 Å². The summed E-state index contributed by atoms with van der Waals surface area (Å²) in [6, 6.07) is 0. The summed E-state index contributed by atoms with van der Waals surface area (Å²) in [5, 5.41) is 20.9. The summed E-state index contributed by atoms with van der Waals surface area (Å²) in [6.45, 7) is 1.77. The van der Waals surface area contributed by atoms with E-state index in [0.29, 0.717) is 0 Å². The van der Waals surface area contributed by atoms with Crippen LogP contribution in [0.3, 0.4) is 0 Å². The first-order valence-corrected chi connectivity index (χ1v) is 3.97. The van der Waals surface area contributed by atoms with Crippen molar-refractivity contribution in [3.05, 3.63) is 11.1 Å². The van der Waals surface area contributed by atoms with Gasteiger partial charge in [0.1, 0.15) is 6.42 Å². The maximum atomic E-state index is 10.2. The zero-order valence-electron chi connectivity index (χ0n) is 6.00. The van der Waals surface area contributed by atoms with Crippen LogP contribution in [0.25, 0.3) is 0 Å². The molecule has 1 heterocycles. The zero-order valence-corrected chi connectivity index (χ0v) is 6.81. The lowest BCUT2D eigenvalue weighted by Gasteiger charge is -2.20. The van der Waals surface area contributed by atoms with Crippen LogP contribution in [-0.4, -0.2) is 21.2 Å². The van der Waals surface area contributed by atoms with Crippen molar-refractivity contribution in [3.63, 3.8) is 0 Å². The number of thioether (sulfide) groups is 1. The maximum absolute atomic E-state index is 10.2. The van der Waals surface area contributed by atoms with Gasteiger partial charge in [-0.25, -0.2) is 0 Å². The van der Waals surface area contributed by atoms with Crippen LogP contribution in [0.4, 0.5) is 0 Å². The summed E-state index contributed by atoms with van der Waals surface area (Å²) in [7, 11) is 0. The van der Waals surface area contributed by atoms with E-state index >= 15 is 0 Å². The first-order chi connectivity index (χ1) is 5.02. The Hall–Kier alpha value is -0.680. The number of carbonyl (C=O) groups is 1. The SMILES string of the molecule is CC1=CSC(O)(CC(=O)O)N1. The van der Waals surface area contributed by atoms with Gasteiger partial charge < -0.3 is 15.5 Å².